The molecule has 0 radical (unpaired) electrons. The van der Waals surface area contributed by atoms with Gasteiger partial charge in [0.1, 0.15) is 5.75 Å². The van der Waals surface area contributed by atoms with Crippen molar-refractivity contribution >= 4 is 34.8 Å². The van der Waals surface area contributed by atoms with Crippen molar-refractivity contribution in [3.05, 3.63) is 52.0 Å². The van der Waals surface area contributed by atoms with E-state index in [1.54, 1.807) is 25.1 Å². The molecule has 6 heteroatoms. The van der Waals surface area contributed by atoms with Crippen LogP contribution in [-0.4, -0.2) is 17.7 Å². The number of hydrogen-bond acceptors (Lipinski definition) is 3. The molecule has 1 aliphatic rings. The van der Waals surface area contributed by atoms with Gasteiger partial charge in [-0.25, -0.2) is 5.43 Å². The van der Waals surface area contributed by atoms with E-state index < -0.39 is 6.10 Å². The molecule has 1 N–H and O–H groups in total. The van der Waals surface area contributed by atoms with Gasteiger partial charge in [0.25, 0.3) is 5.91 Å². The summed E-state index contributed by atoms with van der Waals surface area (Å²) in [7, 11) is 0. The number of halogens is 2. The van der Waals surface area contributed by atoms with Gasteiger partial charge in [0.15, 0.2) is 6.10 Å². The molecule has 1 amide bonds. The molecule has 0 heterocycles. The average Bonchev–Trinajstić information content (AvgIpc) is 2.56. The number of benzene rings is 1. The Bertz CT molecular complexity index is 741. The second-order valence-corrected chi connectivity index (χ2v) is 7.08. The lowest BCUT2D eigenvalue weighted by Crippen LogP contribution is -2.34. The highest BCUT2D eigenvalue weighted by molar-refractivity contribution is 6.35. The van der Waals surface area contributed by atoms with Crippen molar-refractivity contribution in [1.29, 1.82) is 0 Å². The number of hydrogen-bond donors (Lipinski definition) is 1. The van der Waals surface area contributed by atoms with Crippen LogP contribution in [0.25, 0.3) is 0 Å². The fourth-order valence-corrected chi connectivity index (χ4v) is 2.91. The molecule has 0 fully saturated rings. The fraction of sp³-hybridized carbons (Fsp3) is 0.368. The number of nitrogens with one attached hydrogen (secondary N) is 1. The molecule has 0 saturated carbocycles. The van der Waals surface area contributed by atoms with Crippen LogP contribution in [0.3, 0.4) is 0 Å². The molecule has 25 heavy (non-hydrogen) atoms. The molecule has 0 bridgehead atoms. The molecule has 0 saturated heterocycles. The minimum atomic E-state index is -0.743. The summed E-state index contributed by atoms with van der Waals surface area (Å²) in [6.45, 7) is 9.66. The monoisotopic (exact) mass is 380 g/mol. The normalized spacial score (nSPS) is 20.0. The lowest BCUT2D eigenvalue weighted by atomic mass is 9.85. The summed E-state index contributed by atoms with van der Waals surface area (Å²) >= 11 is 11.9. The van der Waals surface area contributed by atoms with E-state index in [4.69, 9.17) is 27.9 Å². The Morgan fingerprint density at radius 1 is 1.44 bits per heavy atom. The molecule has 1 aliphatic carbocycles. The van der Waals surface area contributed by atoms with Gasteiger partial charge in [-0.15, -0.1) is 0 Å². The van der Waals surface area contributed by atoms with E-state index in [-0.39, 0.29) is 5.91 Å². The number of ether oxygens (including phenoxy) is 1. The quantitative estimate of drug-likeness (QED) is 0.565. The van der Waals surface area contributed by atoms with Crippen LogP contribution in [0.1, 0.15) is 33.6 Å². The molecule has 0 aliphatic heterocycles. The summed E-state index contributed by atoms with van der Waals surface area (Å²) in [5.74, 6) is 0.419. The maximum atomic E-state index is 12.2. The predicted molar refractivity (Wildman–Crippen MR) is 103 cm³/mol. The summed E-state index contributed by atoms with van der Waals surface area (Å²) in [5, 5.41) is 5.13. The maximum Gasteiger partial charge on any atom is 0.280 e. The van der Waals surface area contributed by atoms with Crippen LogP contribution in [0.2, 0.25) is 10.0 Å². The van der Waals surface area contributed by atoms with Crippen molar-refractivity contribution in [2.24, 2.45) is 11.0 Å². The van der Waals surface area contributed by atoms with Crippen molar-refractivity contribution in [2.75, 3.05) is 0 Å². The molecule has 4 nitrogen and oxygen atoms in total. The van der Waals surface area contributed by atoms with E-state index in [1.165, 1.54) is 0 Å². The van der Waals surface area contributed by atoms with Crippen molar-refractivity contribution in [3.8, 4) is 5.75 Å². The van der Waals surface area contributed by atoms with Gasteiger partial charge in [0, 0.05) is 5.02 Å². The summed E-state index contributed by atoms with van der Waals surface area (Å²) in [6.07, 6.45) is 3.12. The topological polar surface area (TPSA) is 50.7 Å². The summed E-state index contributed by atoms with van der Waals surface area (Å²) < 4.78 is 5.59. The molecule has 0 spiro atoms. The van der Waals surface area contributed by atoms with Crippen LogP contribution in [0.4, 0.5) is 0 Å². The molecule has 0 aromatic heterocycles. The Balaban J connectivity index is 1.99. The summed E-state index contributed by atoms with van der Waals surface area (Å²) in [5.41, 5.74) is 5.64. The Morgan fingerprint density at radius 3 is 2.80 bits per heavy atom. The third kappa shape index (κ3) is 5.35. The third-order valence-electron chi connectivity index (χ3n) is 4.17. The smallest absolute Gasteiger partial charge is 0.280 e. The number of amides is 1. The predicted octanol–water partition coefficient (Wildman–Crippen LogP) is 5.17. The fourth-order valence-electron chi connectivity index (χ4n) is 2.45. The average molecular weight is 381 g/mol. The summed E-state index contributed by atoms with van der Waals surface area (Å²) in [4.78, 5) is 12.2. The van der Waals surface area contributed by atoms with E-state index >= 15 is 0 Å². The molecule has 1 aromatic carbocycles. The first kappa shape index (κ1) is 19.5. The van der Waals surface area contributed by atoms with Crippen molar-refractivity contribution < 1.29 is 9.53 Å². The maximum absolute atomic E-state index is 12.2. The second-order valence-electron chi connectivity index (χ2n) is 6.24. The number of rotatable bonds is 5. The Hall–Kier alpha value is -1.78. The van der Waals surface area contributed by atoms with Gasteiger partial charge >= 0.3 is 0 Å². The van der Waals surface area contributed by atoms with Gasteiger partial charge < -0.3 is 4.74 Å². The van der Waals surface area contributed by atoms with E-state index in [0.717, 1.165) is 29.7 Å². The first-order valence-corrected chi connectivity index (χ1v) is 8.84. The highest BCUT2D eigenvalue weighted by Crippen LogP contribution is 2.28. The number of hydrazone groups is 1. The van der Waals surface area contributed by atoms with Gasteiger partial charge in [-0.05, 0) is 63.3 Å². The zero-order valence-corrected chi connectivity index (χ0v) is 16.1. The van der Waals surface area contributed by atoms with Crippen LogP contribution < -0.4 is 10.2 Å². The molecule has 2 atom stereocenters. The number of carbonyl (C=O) groups excluding carboxylic acids is 1. The van der Waals surface area contributed by atoms with Crippen LogP contribution in [0.15, 0.2) is 47.1 Å². The van der Waals surface area contributed by atoms with Gasteiger partial charge in [-0.2, -0.15) is 5.10 Å². The van der Waals surface area contributed by atoms with Gasteiger partial charge in [-0.1, -0.05) is 41.4 Å². The van der Waals surface area contributed by atoms with Gasteiger partial charge in [-0.3, -0.25) is 4.79 Å². The van der Waals surface area contributed by atoms with Gasteiger partial charge in [0.05, 0.1) is 10.7 Å². The van der Waals surface area contributed by atoms with Crippen molar-refractivity contribution in [2.45, 2.75) is 39.7 Å². The molecular weight excluding hydrogens is 359 g/mol. The second kappa shape index (κ2) is 8.54. The van der Waals surface area contributed by atoms with Crippen LogP contribution in [-0.2, 0) is 4.79 Å². The first-order valence-electron chi connectivity index (χ1n) is 8.08. The van der Waals surface area contributed by atoms with E-state index in [2.05, 4.69) is 23.2 Å². The molecular formula is C19H22Cl2N2O2. The molecule has 0 unspecified atom stereocenters. The zero-order chi connectivity index (χ0) is 18.6. The molecule has 134 valence electrons. The largest absolute Gasteiger partial charge is 0.479 e. The van der Waals surface area contributed by atoms with Crippen molar-refractivity contribution in [1.82, 2.24) is 5.43 Å². The highest BCUT2D eigenvalue weighted by Gasteiger charge is 2.20. The SMILES string of the molecule is C=C(C)[C@@H]1CC=C(C)/C(=N/NC(=O)[C@@H](C)Oc2ccc(Cl)cc2Cl)C1. The summed E-state index contributed by atoms with van der Waals surface area (Å²) in [6, 6.07) is 4.85. The van der Waals surface area contributed by atoms with Gasteiger partial charge in [0.2, 0.25) is 0 Å². The van der Waals surface area contributed by atoms with Crippen LogP contribution >= 0.6 is 23.2 Å². The van der Waals surface area contributed by atoms with E-state index in [1.807, 2.05) is 13.8 Å². The Kier molecular flexibility index (Phi) is 6.68. The van der Waals surface area contributed by atoms with E-state index in [9.17, 15) is 4.79 Å². The number of nitrogens with zero attached hydrogens (tertiary/aromatic N) is 1. The minimum absolute atomic E-state index is 0.344. The zero-order valence-electron chi connectivity index (χ0n) is 14.6. The third-order valence-corrected chi connectivity index (χ3v) is 4.70. The van der Waals surface area contributed by atoms with Crippen LogP contribution in [0, 0.1) is 5.92 Å². The Labute approximate surface area is 158 Å². The van der Waals surface area contributed by atoms with Crippen LogP contribution in [0.5, 0.6) is 5.75 Å². The lowest BCUT2D eigenvalue weighted by Gasteiger charge is -2.22. The molecule has 2 rings (SSSR count). The number of carbonyl (C=O) groups is 1. The standard InChI is InChI=1S/C19H22Cl2N2O2/c1-11(2)14-6-5-12(3)17(9-14)22-23-19(24)13(4)25-18-8-7-15(20)10-16(18)21/h5,7-8,10,13-14H,1,6,9H2,2-4H3,(H,23,24)/b22-17+/t13-,14-/m1/s1. The van der Waals surface area contributed by atoms with Crippen molar-refractivity contribution in [3.63, 3.8) is 0 Å². The Morgan fingerprint density at radius 2 is 2.16 bits per heavy atom. The minimum Gasteiger partial charge on any atom is -0.479 e. The first-order chi connectivity index (χ1) is 11.8. The lowest BCUT2D eigenvalue weighted by molar-refractivity contribution is -0.127. The van der Waals surface area contributed by atoms with E-state index in [0.29, 0.717) is 21.7 Å². The highest BCUT2D eigenvalue weighted by atomic mass is 35.5. The number of allylic oxidation sites excluding steroid dienone is 3. The molecule has 1 aromatic rings.